The molecule has 0 bridgehead atoms. The van der Waals surface area contributed by atoms with Crippen molar-refractivity contribution in [3.8, 4) is 11.3 Å². The van der Waals surface area contributed by atoms with E-state index in [2.05, 4.69) is 15.3 Å². The molecule has 1 aliphatic rings. The van der Waals surface area contributed by atoms with Crippen LogP contribution < -0.4 is 11.1 Å². The maximum atomic E-state index is 14.4. The second-order valence-electron chi connectivity index (χ2n) is 8.63. The standard InChI is InChI=1S/C25H25F3N4O3/c1-3-21-25(2,34)20(29)11-19(35-21)13-9-10-30-12-18(13)32-24(33)17-8-7-16(28)23(31-17)22-14(26)5-4-6-15(22)27/h4-10,12,19-21,34H,3,11,29H2,1-2H3,(H,32,33)/t19-,20-,21-,25+/m1/s1. The third-order valence-corrected chi connectivity index (χ3v) is 6.30. The number of nitrogens with zero attached hydrogens (tertiary/aromatic N) is 2. The highest BCUT2D eigenvalue weighted by atomic mass is 19.1. The number of hydrogen-bond acceptors (Lipinski definition) is 6. The van der Waals surface area contributed by atoms with Crippen LogP contribution in [-0.4, -0.2) is 38.7 Å². The lowest BCUT2D eigenvalue weighted by molar-refractivity contribution is -0.179. The Morgan fingerprint density at radius 3 is 2.60 bits per heavy atom. The molecule has 3 aromatic rings. The fraction of sp³-hybridized carbons (Fsp3) is 0.320. The third kappa shape index (κ3) is 4.77. The van der Waals surface area contributed by atoms with Gasteiger partial charge in [0.1, 0.15) is 34.4 Å². The van der Waals surface area contributed by atoms with Gasteiger partial charge in [-0.2, -0.15) is 0 Å². The number of anilines is 1. The zero-order chi connectivity index (χ0) is 25.3. The van der Waals surface area contributed by atoms with Crippen LogP contribution in [0.1, 0.15) is 48.8 Å². The molecule has 1 saturated heterocycles. The summed E-state index contributed by atoms with van der Waals surface area (Å²) in [4.78, 5) is 20.9. The monoisotopic (exact) mass is 486 g/mol. The van der Waals surface area contributed by atoms with Gasteiger partial charge >= 0.3 is 0 Å². The number of nitrogens with two attached hydrogens (primary N) is 1. The van der Waals surface area contributed by atoms with Gasteiger partial charge in [-0.05, 0) is 50.1 Å². The normalized spacial score (nSPS) is 24.3. The summed E-state index contributed by atoms with van der Waals surface area (Å²) < 4.78 is 48.9. The highest BCUT2D eigenvalue weighted by Crippen LogP contribution is 2.39. The minimum atomic E-state index is -1.21. The minimum Gasteiger partial charge on any atom is -0.386 e. The summed E-state index contributed by atoms with van der Waals surface area (Å²) in [6, 6.07) is 6.23. The number of rotatable bonds is 5. The van der Waals surface area contributed by atoms with Crippen LogP contribution in [0, 0.1) is 17.5 Å². The van der Waals surface area contributed by atoms with Gasteiger partial charge in [0.25, 0.3) is 5.91 Å². The van der Waals surface area contributed by atoms with Crippen LogP contribution in [0.15, 0.2) is 48.8 Å². The number of halogens is 3. The van der Waals surface area contributed by atoms with Crippen LogP contribution in [0.5, 0.6) is 0 Å². The average Bonchev–Trinajstić information content (AvgIpc) is 2.82. The van der Waals surface area contributed by atoms with Crippen LogP contribution in [0.2, 0.25) is 0 Å². The maximum Gasteiger partial charge on any atom is 0.274 e. The zero-order valence-electron chi connectivity index (χ0n) is 19.1. The molecule has 0 aliphatic carbocycles. The summed E-state index contributed by atoms with van der Waals surface area (Å²) in [5.41, 5.74) is 4.36. The van der Waals surface area contributed by atoms with Crippen LogP contribution in [-0.2, 0) is 4.74 Å². The molecule has 3 heterocycles. The topological polar surface area (TPSA) is 110 Å². The Bertz CT molecular complexity index is 1230. The first-order valence-corrected chi connectivity index (χ1v) is 11.1. The summed E-state index contributed by atoms with van der Waals surface area (Å²) in [6.45, 7) is 3.51. The lowest BCUT2D eigenvalue weighted by Gasteiger charge is -2.45. The number of ether oxygens (including phenoxy) is 1. The van der Waals surface area contributed by atoms with Gasteiger partial charge in [-0.3, -0.25) is 9.78 Å². The number of carbonyl (C=O) groups is 1. The Labute approximate surface area is 200 Å². The van der Waals surface area contributed by atoms with E-state index in [1.165, 1.54) is 12.4 Å². The Hall–Kier alpha value is -3.34. The van der Waals surface area contributed by atoms with Crippen LogP contribution >= 0.6 is 0 Å². The van der Waals surface area contributed by atoms with Crippen LogP contribution in [0.25, 0.3) is 11.3 Å². The molecule has 0 radical (unpaired) electrons. The van der Waals surface area contributed by atoms with Crippen molar-refractivity contribution in [3.63, 3.8) is 0 Å². The Morgan fingerprint density at radius 2 is 1.91 bits per heavy atom. The number of aromatic nitrogens is 2. The molecule has 4 atom stereocenters. The highest BCUT2D eigenvalue weighted by molar-refractivity contribution is 6.03. The highest BCUT2D eigenvalue weighted by Gasteiger charge is 2.45. The van der Waals surface area contributed by atoms with Gasteiger partial charge in [0.05, 0.1) is 29.7 Å². The Kier molecular flexibility index (Phi) is 6.88. The van der Waals surface area contributed by atoms with E-state index in [0.717, 1.165) is 30.3 Å². The van der Waals surface area contributed by atoms with E-state index in [1.54, 1.807) is 13.0 Å². The number of aliphatic hydroxyl groups is 1. The molecular formula is C25H25F3N4O3. The molecule has 0 saturated carbocycles. The molecule has 184 valence electrons. The van der Waals surface area contributed by atoms with Crippen LogP contribution in [0.4, 0.5) is 18.9 Å². The molecule has 4 rings (SSSR count). The van der Waals surface area contributed by atoms with E-state index >= 15 is 0 Å². The summed E-state index contributed by atoms with van der Waals surface area (Å²) in [5, 5.41) is 13.4. The lowest BCUT2D eigenvalue weighted by atomic mass is 9.81. The van der Waals surface area contributed by atoms with Gasteiger partial charge in [0.15, 0.2) is 0 Å². The fourth-order valence-corrected chi connectivity index (χ4v) is 4.25. The largest absolute Gasteiger partial charge is 0.386 e. The van der Waals surface area contributed by atoms with E-state index in [-0.39, 0.29) is 5.69 Å². The molecule has 10 heteroatoms. The quantitative estimate of drug-likeness (QED) is 0.500. The molecule has 1 aromatic carbocycles. The molecule has 1 amide bonds. The third-order valence-electron chi connectivity index (χ3n) is 6.30. The number of benzene rings is 1. The van der Waals surface area contributed by atoms with Crippen molar-refractivity contribution in [2.45, 2.75) is 50.5 Å². The number of nitrogens with one attached hydrogen (secondary N) is 1. The number of carbonyl (C=O) groups excluding carboxylic acids is 1. The zero-order valence-corrected chi connectivity index (χ0v) is 19.1. The van der Waals surface area contributed by atoms with E-state index in [9.17, 15) is 23.1 Å². The van der Waals surface area contributed by atoms with Crippen molar-refractivity contribution < 1.29 is 27.8 Å². The molecule has 2 aromatic heterocycles. The summed E-state index contributed by atoms with van der Waals surface area (Å²) in [7, 11) is 0. The van der Waals surface area contributed by atoms with Crippen molar-refractivity contribution in [1.82, 2.24) is 9.97 Å². The fourth-order valence-electron chi connectivity index (χ4n) is 4.25. The van der Waals surface area contributed by atoms with Gasteiger partial charge in [0.2, 0.25) is 0 Å². The maximum absolute atomic E-state index is 14.4. The van der Waals surface area contributed by atoms with Crippen molar-refractivity contribution in [2.24, 2.45) is 5.73 Å². The molecular weight excluding hydrogens is 461 g/mol. The molecule has 7 nitrogen and oxygen atoms in total. The first-order chi connectivity index (χ1) is 16.6. The van der Waals surface area contributed by atoms with Crippen molar-refractivity contribution in [1.29, 1.82) is 0 Å². The van der Waals surface area contributed by atoms with Gasteiger partial charge in [-0.25, -0.2) is 18.2 Å². The second kappa shape index (κ2) is 9.73. The first kappa shape index (κ1) is 24.8. The molecule has 1 fully saturated rings. The van der Waals surface area contributed by atoms with Gasteiger partial charge < -0.3 is 20.9 Å². The molecule has 0 spiro atoms. The van der Waals surface area contributed by atoms with Crippen molar-refractivity contribution in [2.75, 3.05) is 5.32 Å². The van der Waals surface area contributed by atoms with Crippen LogP contribution in [0.3, 0.4) is 0 Å². The minimum absolute atomic E-state index is 0.255. The first-order valence-electron chi connectivity index (χ1n) is 11.1. The molecule has 0 unspecified atom stereocenters. The predicted octanol–water partition coefficient (Wildman–Crippen LogP) is 4.13. The van der Waals surface area contributed by atoms with E-state index in [4.69, 9.17) is 10.5 Å². The van der Waals surface area contributed by atoms with Crippen molar-refractivity contribution >= 4 is 11.6 Å². The number of pyridine rings is 2. The Morgan fingerprint density at radius 1 is 1.20 bits per heavy atom. The number of amides is 1. The van der Waals surface area contributed by atoms with E-state index < -0.39 is 58.5 Å². The molecule has 35 heavy (non-hydrogen) atoms. The predicted molar refractivity (Wildman–Crippen MR) is 123 cm³/mol. The van der Waals surface area contributed by atoms with E-state index in [0.29, 0.717) is 24.1 Å². The van der Waals surface area contributed by atoms with Gasteiger partial charge in [-0.1, -0.05) is 13.0 Å². The van der Waals surface area contributed by atoms with Crippen molar-refractivity contribution in [3.05, 3.63) is 77.5 Å². The molecule has 1 aliphatic heterocycles. The summed E-state index contributed by atoms with van der Waals surface area (Å²) >= 11 is 0. The summed E-state index contributed by atoms with van der Waals surface area (Å²) in [5.74, 6) is -3.72. The number of hydrogen-bond donors (Lipinski definition) is 3. The van der Waals surface area contributed by atoms with Gasteiger partial charge in [0, 0.05) is 17.8 Å². The lowest BCUT2D eigenvalue weighted by Crippen LogP contribution is -2.58. The average molecular weight is 486 g/mol. The smallest absolute Gasteiger partial charge is 0.274 e. The van der Waals surface area contributed by atoms with E-state index in [1.807, 2.05) is 6.92 Å². The SMILES string of the molecule is CC[C@H]1O[C@@H](c2ccncc2NC(=O)c2ccc(F)c(-c3c(F)cccc3F)n2)C[C@@H](N)[C@]1(C)O. The van der Waals surface area contributed by atoms with Gasteiger partial charge in [-0.15, -0.1) is 0 Å². The molecule has 4 N–H and O–H groups in total. The summed E-state index contributed by atoms with van der Waals surface area (Å²) in [6.07, 6.45) is 2.71. The second-order valence-corrected chi connectivity index (χ2v) is 8.63. The Balaban J connectivity index is 1.63.